The number of hydrogen-bond acceptors (Lipinski definition) is 7. The Bertz CT molecular complexity index is 550. The van der Waals surface area contributed by atoms with E-state index >= 15 is 0 Å². The first-order valence-corrected chi connectivity index (χ1v) is 6.80. The minimum Gasteiger partial charge on any atom is -0.353 e. The molecular formula is C13H18N6O2. The van der Waals surface area contributed by atoms with Gasteiger partial charge in [-0.15, -0.1) is 0 Å². The molecule has 112 valence electrons. The highest BCUT2D eigenvalue weighted by molar-refractivity contribution is 5.59. The lowest BCUT2D eigenvalue weighted by atomic mass is 10.2. The molecule has 8 nitrogen and oxygen atoms in total. The third-order valence-corrected chi connectivity index (χ3v) is 3.50. The molecule has 1 saturated heterocycles. The molecule has 8 heteroatoms. The van der Waals surface area contributed by atoms with Crippen LogP contribution in [0, 0.1) is 21.4 Å². The Morgan fingerprint density at radius 2 is 2.29 bits per heavy atom. The zero-order chi connectivity index (χ0) is 15.2. The van der Waals surface area contributed by atoms with Gasteiger partial charge in [-0.2, -0.15) is 5.26 Å². The van der Waals surface area contributed by atoms with Crippen LogP contribution >= 0.6 is 0 Å². The Labute approximate surface area is 123 Å². The van der Waals surface area contributed by atoms with Crippen LogP contribution < -0.4 is 10.2 Å². The second kappa shape index (κ2) is 6.97. The number of hydrogen-bond donors (Lipinski definition) is 1. The smallest absolute Gasteiger partial charge is 0.312 e. The number of anilines is 1. The zero-order valence-corrected chi connectivity index (χ0v) is 11.9. The lowest BCUT2D eigenvalue weighted by Gasteiger charge is -2.29. The van der Waals surface area contributed by atoms with Gasteiger partial charge in [-0.3, -0.25) is 15.0 Å². The number of piperazine rings is 1. The molecule has 1 aliphatic rings. The summed E-state index contributed by atoms with van der Waals surface area (Å²) in [4.78, 5) is 18.8. The van der Waals surface area contributed by atoms with Crippen LogP contribution in [0.15, 0.2) is 12.3 Å². The SMILES string of the molecule is CN(CCN1CCNCC1)c1ncc(C#N)cc1[N+](=O)[O-]. The van der Waals surface area contributed by atoms with Crippen LogP contribution in [0.2, 0.25) is 0 Å². The molecule has 0 bridgehead atoms. The van der Waals surface area contributed by atoms with Gasteiger partial charge in [-0.05, 0) is 0 Å². The van der Waals surface area contributed by atoms with Crippen molar-refractivity contribution in [3.8, 4) is 6.07 Å². The Morgan fingerprint density at radius 1 is 1.57 bits per heavy atom. The summed E-state index contributed by atoms with van der Waals surface area (Å²) in [6.45, 7) is 5.39. The zero-order valence-electron chi connectivity index (χ0n) is 11.9. The van der Waals surface area contributed by atoms with Crippen LogP contribution in [-0.4, -0.2) is 61.1 Å². The van der Waals surface area contributed by atoms with Crippen LogP contribution in [0.1, 0.15) is 5.56 Å². The molecule has 1 aliphatic heterocycles. The lowest BCUT2D eigenvalue weighted by molar-refractivity contribution is -0.384. The lowest BCUT2D eigenvalue weighted by Crippen LogP contribution is -2.46. The van der Waals surface area contributed by atoms with E-state index in [0.717, 1.165) is 32.7 Å². The summed E-state index contributed by atoms with van der Waals surface area (Å²) in [7, 11) is 1.78. The second-order valence-corrected chi connectivity index (χ2v) is 4.95. The van der Waals surface area contributed by atoms with Crippen LogP contribution in [0.3, 0.4) is 0 Å². The molecule has 0 unspecified atom stereocenters. The summed E-state index contributed by atoms with van der Waals surface area (Å²) in [6, 6.07) is 3.14. The first kappa shape index (κ1) is 15.2. The van der Waals surface area contributed by atoms with E-state index in [1.54, 1.807) is 11.9 Å². The van der Waals surface area contributed by atoms with Crippen LogP contribution in [0.5, 0.6) is 0 Å². The third kappa shape index (κ3) is 3.87. The summed E-state index contributed by atoms with van der Waals surface area (Å²) >= 11 is 0. The Kier molecular flexibility index (Phi) is 5.03. The maximum Gasteiger partial charge on any atom is 0.312 e. The molecule has 0 radical (unpaired) electrons. The molecule has 1 aromatic rings. The van der Waals surface area contributed by atoms with E-state index in [2.05, 4.69) is 15.2 Å². The molecule has 0 aromatic carbocycles. The first-order valence-electron chi connectivity index (χ1n) is 6.80. The molecule has 21 heavy (non-hydrogen) atoms. The third-order valence-electron chi connectivity index (χ3n) is 3.50. The summed E-state index contributed by atoms with van der Waals surface area (Å²) in [5, 5.41) is 23.2. The molecule has 0 spiro atoms. The van der Waals surface area contributed by atoms with Crippen molar-refractivity contribution in [3.63, 3.8) is 0 Å². The van der Waals surface area contributed by atoms with Crippen molar-refractivity contribution in [2.24, 2.45) is 0 Å². The maximum atomic E-state index is 11.1. The van der Waals surface area contributed by atoms with Gasteiger partial charge in [0.05, 0.1) is 10.5 Å². The summed E-state index contributed by atoms with van der Waals surface area (Å²) in [5.41, 5.74) is 0.0674. The van der Waals surface area contributed by atoms with E-state index in [-0.39, 0.29) is 11.3 Å². The Balaban J connectivity index is 2.05. The fraction of sp³-hybridized carbons (Fsp3) is 0.538. The molecular weight excluding hydrogens is 272 g/mol. The fourth-order valence-corrected chi connectivity index (χ4v) is 2.27. The van der Waals surface area contributed by atoms with Gasteiger partial charge in [0.15, 0.2) is 0 Å². The number of nitrogens with zero attached hydrogens (tertiary/aromatic N) is 5. The number of nitriles is 1. The van der Waals surface area contributed by atoms with Crippen molar-refractivity contribution in [2.45, 2.75) is 0 Å². The van der Waals surface area contributed by atoms with Crippen LogP contribution in [-0.2, 0) is 0 Å². The molecule has 1 fully saturated rings. The number of likely N-dealkylation sites (N-methyl/N-ethyl adjacent to an activating group) is 1. The maximum absolute atomic E-state index is 11.1. The summed E-state index contributed by atoms with van der Waals surface area (Å²) < 4.78 is 0. The quantitative estimate of drug-likeness (QED) is 0.611. The normalized spacial score (nSPS) is 15.4. The van der Waals surface area contributed by atoms with Gasteiger partial charge in [0.1, 0.15) is 6.07 Å². The summed E-state index contributed by atoms with van der Waals surface area (Å²) in [5.74, 6) is 0.300. The highest BCUT2D eigenvalue weighted by atomic mass is 16.6. The van der Waals surface area contributed by atoms with Crippen molar-refractivity contribution >= 4 is 11.5 Å². The van der Waals surface area contributed by atoms with E-state index < -0.39 is 4.92 Å². The molecule has 0 aliphatic carbocycles. The van der Waals surface area contributed by atoms with Crippen molar-refractivity contribution in [1.29, 1.82) is 5.26 Å². The largest absolute Gasteiger partial charge is 0.353 e. The second-order valence-electron chi connectivity index (χ2n) is 4.95. The van der Waals surface area contributed by atoms with E-state index in [1.165, 1.54) is 12.3 Å². The van der Waals surface area contributed by atoms with Gasteiger partial charge in [0, 0.05) is 58.6 Å². The van der Waals surface area contributed by atoms with Gasteiger partial charge in [0.2, 0.25) is 5.82 Å². The van der Waals surface area contributed by atoms with E-state index in [1.807, 2.05) is 6.07 Å². The Hall–Kier alpha value is -2.24. The number of nitro groups is 1. The minimum absolute atomic E-state index is 0.128. The van der Waals surface area contributed by atoms with E-state index in [4.69, 9.17) is 5.26 Å². The van der Waals surface area contributed by atoms with Gasteiger partial charge >= 0.3 is 5.69 Å². The number of aromatic nitrogens is 1. The van der Waals surface area contributed by atoms with Crippen molar-refractivity contribution < 1.29 is 4.92 Å². The van der Waals surface area contributed by atoms with Gasteiger partial charge in [-0.25, -0.2) is 4.98 Å². The molecule has 1 N–H and O–H groups in total. The van der Waals surface area contributed by atoms with Gasteiger partial charge in [-0.1, -0.05) is 0 Å². The standard InChI is InChI=1S/C13H18N6O2/c1-17(6-7-18-4-2-15-3-5-18)13-12(19(20)21)8-11(9-14)10-16-13/h8,10,15H,2-7H2,1H3. The average Bonchev–Trinajstić information content (AvgIpc) is 2.52. The molecule has 0 amide bonds. The first-order chi connectivity index (χ1) is 10.1. The van der Waals surface area contributed by atoms with Crippen LogP contribution in [0.25, 0.3) is 0 Å². The number of nitrogens with one attached hydrogen (secondary N) is 1. The van der Waals surface area contributed by atoms with Gasteiger partial charge < -0.3 is 10.2 Å². The highest BCUT2D eigenvalue weighted by Gasteiger charge is 2.20. The highest BCUT2D eigenvalue weighted by Crippen LogP contribution is 2.25. The fourth-order valence-electron chi connectivity index (χ4n) is 2.27. The van der Waals surface area contributed by atoms with Crippen LogP contribution in [0.4, 0.5) is 11.5 Å². The predicted molar refractivity (Wildman–Crippen MR) is 78.2 cm³/mol. The molecule has 2 heterocycles. The van der Waals surface area contributed by atoms with E-state index in [9.17, 15) is 10.1 Å². The van der Waals surface area contributed by atoms with Crippen molar-refractivity contribution in [1.82, 2.24) is 15.2 Å². The number of pyridine rings is 1. The van der Waals surface area contributed by atoms with Gasteiger partial charge in [0.25, 0.3) is 0 Å². The van der Waals surface area contributed by atoms with Crippen molar-refractivity contribution in [2.75, 3.05) is 51.2 Å². The minimum atomic E-state index is -0.496. The van der Waals surface area contributed by atoms with Crippen molar-refractivity contribution in [3.05, 3.63) is 27.9 Å². The predicted octanol–water partition coefficient (Wildman–Crippen LogP) is 0.203. The number of rotatable bonds is 5. The summed E-state index contributed by atoms with van der Waals surface area (Å²) in [6.07, 6.45) is 1.36. The molecule has 2 rings (SSSR count). The van der Waals surface area contributed by atoms with E-state index in [0.29, 0.717) is 12.4 Å². The topological polar surface area (TPSA) is 98.3 Å². The molecule has 1 aromatic heterocycles. The average molecular weight is 290 g/mol. The molecule has 0 atom stereocenters. The molecule has 0 saturated carbocycles. The Morgan fingerprint density at radius 3 is 2.90 bits per heavy atom. The monoisotopic (exact) mass is 290 g/mol.